The summed E-state index contributed by atoms with van der Waals surface area (Å²) < 4.78 is 5.51. The molecule has 0 aromatic heterocycles. The Morgan fingerprint density at radius 3 is 2.46 bits per heavy atom. The van der Waals surface area contributed by atoms with Gasteiger partial charge >= 0.3 is 0 Å². The van der Waals surface area contributed by atoms with E-state index in [1.165, 1.54) is 5.56 Å². The maximum Gasteiger partial charge on any atom is 0.241 e. The minimum Gasteiger partial charge on any atom is -0.493 e. The molecule has 0 unspecified atom stereocenters. The fourth-order valence-electron chi connectivity index (χ4n) is 1.91. The molecule has 3 N–H and O–H groups in total. The zero-order chi connectivity index (χ0) is 17.2. The molecule has 126 valence electrons. The Labute approximate surface area is 147 Å². The van der Waals surface area contributed by atoms with Crippen molar-refractivity contribution in [1.29, 1.82) is 0 Å². The minimum atomic E-state index is -0.189. The van der Waals surface area contributed by atoms with Crippen LogP contribution in [0.1, 0.15) is 17.5 Å². The molecule has 0 spiro atoms. The van der Waals surface area contributed by atoms with Gasteiger partial charge in [0.1, 0.15) is 5.75 Å². The quantitative estimate of drug-likeness (QED) is 0.556. The Morgan fingerprint density at radius 2 is 1.75 bits per heavy atom. The molecule has 5 nitrogen and oxygen atoms in total. The molecular weight excluding hydrogens is 322 g/mol. The van der Waals surface area contributed by atoms with Crippen LogP contribution < -0.4 is 20.9 Å². The monoisotopic (exact) mass is 343 g/mol. The van der Waals surface area contributed by atoms with Crippen LogP contribution >= 0.6 is 12.2 Å². The summed E-state index contributed by atoms with van der Waals surface area (Å²) in [5.74, 6) is 0.562. The number of rotatable bonds is 6. The van der Waals surface area contributed by atoms with Gasteiger partial charge in [-0.25, -0.2) is 0 Å². The molecule has 0 saturated heterocycles. The van der Waals surface area contributed by atoms with Crippen molar-refractivity contribution in [3.05, 3.63) is 65.7 Å². The van der Waals surface area contributed by atoms with E-state index in [1.54, 1.807) is 0 Å². The first-order valence-electron chi connectivity index (χ1n) is 7.69. The van der Waals surface area contributed by atoms with E-state index in [9.17, 15) is 4.79 Å². The Hall–Kier alpha value is -2.60. The number of hydrazine groups is 1. The molecule has 0 saturated carbocycles. The molecule has 2 aromatic rings. The first-order valence-corrected chi connectivity index (χ1v) is 8.10. The number of benzene rings is 2. The smallest absolute Gasteiger partial charge is 0.241 e. The SMILES string of the molecule is Cc1ccc(OCCC(=O)NNC(=S)NCc2ccccc2)cc1. The van der Waals surface area contributed by atoms with Crippen molar-refractivity contribution in [2.45, 2.75) is 19.9 Å². The highest BCUT2D eigenvalue weighted by Gasteiger charge is 2.03. The third-order valence-corrected chi connectivity index (χ3v) is 3.48. The van der Waals surface area contributed by atoms with Crippen molar-refractivity contribution < 1.29 is 9.53 Å². The van der Waals surface area contributed by atoms with E-state index in [2.05, 4.69) is 16.2 Å². The van der Waals surface area contributed by atoms with Gasteiger partial charge < -0.3 is 10.1 Å². The average Bonchev–Trinajstić information content (AvgIpc) is 2.61. The van der Waals surface area contributed by atoms with Gasteiger partial charge in [-0.3, -0.25) is 15.6 Å². The molecule has 0 radical (unpaired) electrons. The number of aryl methyl sites for hydroxylation is 1. The highest BCUT2D eigenvalue weighted by molar-refractivity contribution is 7.80. The minimum absolute atomic E-state index is 0.189. The highest BCUT2D eigenvalue weighted by Crippen LogP contribution is 2.11. The van der Waals surface area contributed by atoms with E-state index >= 15 is 0 Å². The molecular formula is C18H21N3O2S. The van der Waals surface area contributed by atoms with Crippen LogP contribution in [0.25, 0.3) is 0 Å². The second-order valence-electron chi connectivity index (χ2n) is 5.25. The number of nitrogens with one attached hydrogen (secondary N) is 3. The summed E-state index contributed by atoms with van der Waals surface area (Å²) in [5.41, 5.74) is 7.49. The number of amides is 1. The van der Waals surface area contributed by atoms with E-state index in [0.717, 1.165) is 11.3 Å². The van der Waals surface area contributed by atoms with Crippen LogP contribution in [0.3, 0.4) is 0 Å². The van der Waals surface area contributed by atoms with Crippen LogP contribution in [0, 0.1) is 6.92 Å². The van der Waals surface area contributed by atoms with Gasteiger partial charge in [0.2, 0.25) is 5.91 Å². The maximum atomic E-state index is 11.7. The topological polar surface area (TPSA) is 62.4 Å². The molecule has 0 heterocycles. The van der Waals surface area contributed by atoms with Crippen molar-refractivity contribution in [2.24, 2.45) is 0 Å². The summed E-state index contributed by atoms with van der Waals surface area (Å²) in [4.78, 5) is 11.7. The molecule has 24 heavy (non-hydrogen) atoms. The van der Waals surface area contributed by atoms with Crippen LogP contribution in [-0.4, -0.2) is 17.6 Å². The number of carbonyl (C=O) groups excluding carboxylic acids is 1. The molecule has 0 aliphatic rings. The second kappa shape index (κ2) is 9.52. The second-order valence-corrected chi connectivity index (χ2v) is 5.66. The van der Waals surface area contributed by atoms with Gasteiger partial charge in [-0.05, 0) is 36.8 Å². The summed E-state index contributed by atoms with van der Waals surface area (Å²) in [6.45, 7) is 2.91. The van der Waals surface area contributed by atoms with Crippen molar-refractivity contribution in [2.75, 3.05) is 6.61 Å². The van der Waals surface area contributed by atoms with Crippen LogP contribution in [-0.2, 0) is 11.3 Å². The molecule has 0 atom stereocenters. The van der Waals surface area contributed by atoms with Gasteiger partial charge in [-0.15, -0.1) is 0 Å². The number of hydrogen-bond acceptors (Lipinski definition) is 3. The summed E-state index contributed by atoms with van der Waals surface area (Å²) in [5, 5.41) is 3.38. The van der Waals surface area contributed by atoms with Gasteiger partial charge in [0.05, 0.1) is 13.0 Å². The van der Waals surface area contributed by atoms with Crippen molar-refractivity contribution in [3.63, 3.8) is 0 Å². The van der Waals surface area contributed by atoms with E-state index < -0.39 is 0 Å². The van der Waals surface area contributed by atoms with Crippen LogP contribution in [0.15, 0.2) is 54.6 Å². The summed E-state index contributed by atoms with van der Waals surface area (Å²) >= 11 is 5.10. The zero-order valence-corrected chi connectivity index (χ0v) is 14.4. The van der Waals surface area contributed by atoms with Gasteiger partial charge in [-0.1, -0.05) is 48.0 Å². The number of hydrogen-bond donors (Lipinski definition) is 3. The third-order valence-electron chi connectivity index (χ3n) is 3.23. The zero-order valence-electron chi connectivity index (χ0n) is 13.5. The maximum absolute atomic E-state index is 11.7. The first kappa shape index (κ1) is 17.7. The summed E-state index contributed by atoms with van der Waals surface area (Å²) in [6, 6.07) is 17.6. The van der Waals surface area contributed by atoms with Gasteiger partial charge in [-0.2, -0.15) is 0 Å². The molecule has 0 bridgehead atoms. The lowest BCUT2D eigenvalue weighted by Crippen LogP contribution is -2.46. The Bertz CT molecular complexity index is 660. The van der Waals surface area contributed by atoms with Crippen LogP contribution in [0.5, 0.6) is 5.75 Å². The lowest BCUT2D eigenvalue weighted by Gasteiger charge is -2.12. The molecule has 6 heteroatoms. The lowest BCUT2D eigenvalue weighted by molar-refractivity contribution is -0.122. The predicted molar refractivity (Wildman–Crippen MR) is 98.4 cm³/mol. The summed E-state index contributed by atoms with van der Waals surface area (Å²) in [6.07, 6.45) is 0.238. The fourth-order valence-corrected chi connectivity index (χ4v) is 2.03. The average molecular weight is 343 g/mol. The molecule has 0 aliphatic carbocycles. The van der Waals surface area contributed by atoms with E-state index in [0.29, 0.717) is 18.3 Å². The lowest BCUT2D eigenvalue weighted by atomic mass is 10.2. The van der Waals surface area contributed by atoms with E-state index in [-0.39, 0.29) is 12.3 Å². The van der Waals surface area contributed by atoms with Crippen molar-refractivity contribution >= 4 is 23.2 Å². The predicted octanol–water partition coefficient (Wildman–Crippen LogP) is 2.46. The third kappa shape index (κ3) is 6.66. The number of carbonyl (C=O) groups is 1. The number of ether oxygens (including phenoxy) is 1. The van der Waals surface area contributed by atoms with Crippen molar-refractivity contribution in [1.82, 2.24) is 16.2 Å². The normalized spacial score (nSPS) is 9.88. The molecule has 0 aliphatic heterocycles. The van der Waals surface area contributed by atoms with E-state index in [1.807, 2.05) is 61.5 Å². The Balaban J connectivity index is 1.58. The Morgan fingerprint density at radius 1 is 1.04 bits per heavy atom. The highest BCUT2D eigenvalue weighted by atomic mass is 32.1. The Kier molecular flexibility index (Phi) is 7.04. The van der Waals surface area contributed by atoms with Crippen LogP contribution in [0.4, 0.5) is 0 Å². The summed E-state index contributed by atoms with van der Waals surface area (Å²) in [7, 11) is 0. The fraction of sp³-hybridized carbons (Fsp3) is 0.222. The van der Waals surface area contributed by atoms with Crippen molar-refractivity contribution in [3.8, 4) is 5.75 Å². The largest absolute Gasteiger partial charge is 0.493 e. The first-order chi connectivity index (χ1) is 11.6. The van der Waals surface area contributed by atoms with E-state index in [4.69, 9.17) is 17.0 Å². The molecule has 1 amide bonds. The van der Waals surface area contributed by atoms with Crippen LogP contribution in [0.2, 0.25) is 0 Å². The van der Waals surface area contributed by atoms with Gasteiger partial charge in [0.15, 0.2) is 5.11 Å². The number of thiocarbonyl (C=S) groups is 1. The molecule has 0 fully saturated rings. The van der Waals surface area contributed by atoms with Gasteiger partial charge in [0, 0.05) is 6.54 Å². The molecule has 2 rings (SSSR count). The van der Waals surface area contributed by atoms with Gasteiger partial charge in [0.25, 0.3) is 0 Å². The molecule has 2 aromatic carbocycles. The standard InChI is InChI=1S/C18H21N3O2S/c1-14-7-9-16(10-8-14)23-12-11-17(22)20-21-18(24)19-13-15-5-3-2-4-6-15/h2-10H,11-13H2,1H3,(H,20,22)(H2,19,21,24).